The van der Waals surface area contributed by atoms with Gasteiger partial charge in [-0.15, -0.1) is 0 Å². The number of aliphatic hydroxyl groups is 1. The maximum absolute atomic E-state index is 10.0. The lowest BCUT2D eigenvalue weighted by molar-refractivity contribution is 0.161. The second kappa shape index (κ2) is 9.63. The van der Waals surface area contributed by atoms with Crippen LogP contribution in [0.3, 0.4) is 0 Å². The van der Waals surface area contributed by atoms with Gasteiger partial charge < -0.3 is 5.11 Å². The molecule has 0 aliphatic heterocycles. The fraction of sp³-hybridized carbons (Fsp3) is 0.625. The number of hydrogen-bond acceptors (Lipinski definition) is 1. The van der Waals surface area contributed by atoms with Crippen LogP contribution in [0.25, 0.3) is 0 Å². The fourth-order valence-corrected chi connectivity index (χ4v) is 2.61. The Morgan fingerprint density at radius 1 is 1.05 bits per heavy atom. The number of unbranched alkanes of at least 4 members (excludes halogenated alkanes) is 5. The van der Waals surface area contributed by atoms with E-state index in [0.717, 1.165) is 18.4 Å². The molecular formula is C16H24Cl2O. The van der Waals surface area contributed by atoms with Crippen molar-refractivity contribution in [3.05, 3.63) is 33.8 Å². The molecule has 0 fully saturated rings. The van der Waals surface area contributed by atoms with Crippen molar-refractivity contribution in [2.45, 2.75) is 64.4 Å². The molecule has 0 aromatic heterocycles. The molecule has 1 rings (SSSR count). The van der Waals surface area contributed by atoms with Gasteiger partial charge in [-0.2, -0.15) is 0 Å². The van der Waals surface area contributed by atoms with Gasteiger partial charge in [0.05, 0.1) is 6.10 Å². The van der Waals surface area contributed by atoms with E-state index in [1.165, 1.54) is 32.1 Å². The van der Waals surface area contributed by atoms with Crippen molar-refractivity contribution in [1.29, 1.82) is 0 Å². The van der Waals surface area contributed by atoms with Gasteiger partial charge in [-0.25, -0.2) is 0 Å². The first-order chi connectivity index (χ1) is 9.13. The third kappa shape index (κ3) is 7.20. The Balaban J connectivity index is 2.23. The fourth-order valence-electron chi connectivity index (χ4n) is 2.22. The van der Waals surface area contributed by atoms with Crippen molar-refractivity contribution in [2.24, 2.45) is 0 Å². The van der Waals surface area contributed by atoms with Gasteiger partial charge >= 0.3 is 0 Å². The monoisotopic (exact) mass is 302 g/mol. The summed E-state index contributed by atoms with van der Waals surface area (Å²) in [6, 6.07) is 5.40. The molecule has 1 N–H and O–H groups in total. The van der Waals surface area contributed by atoms with E-state index in [4.69, 9.17) is 23.2 Å². The van der Waals surface area contributed by atoms with E-state index in [-0.39, 0.29) is 6.10 Å². The third-order valence-electron chi connectivity index (χ3n) is 3.35. The van der Waals surface area contributed by atoms with Gasteiger partial charge in [-0.1, -0.05) is 68.7 Å². The number of halogens is 2. The second-order valence-corrected chi connectivity index (χ2v) is 5.99. The summed E-state index contributed by atoms with van der Waals surface area (Å²) in [5.41, 5.74) is 0.938. The van der Waals surface area contributed by atoms with E-state index < -0.39 is 0 Å². The first kappa shape index (κ1) is 16.8. The Kier molecular flexibility index (Phi) is 8.52. The Hall–Kier alpha value is -0.240. The molecule has 0 saturated heterocycles. The Morgan fingerprint density at radius 2 is 1.74 bits per heavy atom. The van der Waals surface area contributed by atoms with E-state index in [1.54, 1.807) is 12.1 Å². The summed E-state index contributed by atoms with van der Waals surface area (Å²) in [6.45, 7) is 2.22. The first-order valence-corrected chi connectivity index (χ1v) is 8.01. The molecule has 0 amide bonds. The minimum absolute atomic E-state index is 0.317. The Morgan fingerprint density at radius 3 is 2.47 bits per heavy atom. The molecule has 0 heterocycles. The van der Waals surface area contributed by atoms with E-state index in [1.807, 2.05) is 6.07 Å². The third-order valence-corrected chi connectivity index (χ3v) is 3.96. The zero-order valence-electron chi connectivity index (χ0n) is 11.7. The first-order valence-electron chi connectivity index (χ1n) is 7.25. The highest BCUT2D eigenvalue weighted by molar-refractivity contribution is 6.33. The van der Waals surface area contributed by atoms with Crippen LogP contribution in [-0.4, -0.2) is 11.2 Å². The molecule has 0 bridgehead atoms. The lowest BCUT2D eigenvalue weighted by atomic mass is 10.0. The van der Waals surface area contributed by atoms with Gasteiger partial charge in [0.2, 0.25) is 0 Å². The lowest BCUT2D eigenvalue weighted by Crippen LogP contribution is -2.10. The van der Waals surface area contributed by atoms with E-state index in [2.05, 4.69) is 6.92 Å². The van der Waals surface area contributed by atoms with E-state index in [9.17, 15) is 5.11 Å². The average Bonchev–Trinajstić information content (AvgIpc) is 2.38. The molecule has 19 heavy (non-hydrogen) atoms. The zero-order valence-corrected chi connectivity index (χ0v) is 13.2. The molecule has 1 aromatic rings. The Labute approximate surface area is 126 Å². The number of benzene rings is 1. The van der Waals surface area contributed by atoms with Gasteiger partial charge in [0.15, 0.2) is 0 Å². The van der Waals surface area contributed by atoms with Crippen molar-refractivity contribution in [2.75, 3.05) is 0 Å². The summed E-state index contributed by atoms with van der Waals surface area (Å²) in [5, 5.41) is 11.4. The zero-order chi connectivity index (χ0) is 14.1. The molecule has 0 spiro atoms. The van der Waals surface area contributed by atoms with Crippen molar-refractivity contribution >= 4 is 23.2 Å². The van der Waals surface area contributed by atoms with Crippen molar-refractivity contribution in [3.8, 4) is 0 Å². The second-order valence-electron chi connectivity index (χ2n) is 5.15. The summed E-state index contributed by atoms with van der Waals surface area (Å²) in [6.07, 6.45) is 8.59. The molecule has 1 nitrogen and oxygen atoms in total. The van der Waals surface area contributed by atoms with E-state index >= 15 is 0 Å². The summed E-state index contributed by atoms with van der Waals surface area (Å²) < 4.78 is 0. The molecule has 0 saturated carbocycles. The smallest absolute Gasteiger partial charge is 0.0581 e. The molecule has 0 aliphatic carbocycles. The van der Waals surface area contributed by atoms with Crippen LogP contribution in [0.4, 0.5) is 0 Å². The van der Waals surface area contributed by atoms with Gasteiger partial charge in [-0.05, 0) is 36.6 Å². The minimum atomic E-state index is -0.317. The van der Waals surface area contributed by atoms with Crippen LogP contribution in [-0.2, 0) is 6.42 Å². The molecule has 3 heteroatoms. The van der Waals surface area contributed by atoms with Crippen LogP contribution in [0, 0.1) is 0 Å². The number of aliphatic hydroxyl groups excluding tert-OH is 1. The summed E-state index contributed by atoms with van der Waals surface area (Å²) in [4.78, 5) is 0. The summed E-state index contributed by atoms with van der Waals surface area (Å²) in [5.74, 6) is 0. The molecule has 0 aliphatic rings. The predicted octanol–water partition coefficient (Wildman–Crippen LogP) is 5.65. The van der Waals surface area contributed by atoms with Crippen LogP contribution in [0.5, 0.6) is 0 Å². The molecule has 1 unspecified atom stereocenters. The van der Waals surface area contributed by atoms with E-state index in [0.29, 0.717) is 16.5 Å². The maximum atomic E-state index is 10.0. The van der Waals surface area contributed by atoms with Gasteiger partial charge in [0.1, 0.15) is 0 Å². The number of rotatable bonds is 9. The molecule has 1 aromatic carbocycles. The Bertz CT molecular complexity index is 366. The molecule has 0 radical (unpaired) electrons. The SMILES string of the molecule is CCCCCCCCC(O)Cc1cc(Cl)ccc1Cl. The minimum Gasteiger partial charge on any atom is -0.393 e. The highest BCUT2D eigenvalue weighted by atomic mass is 35.5. The maximum Gasteiger partial charge on any atom is 0.0581 e. The molecule has 108 valence electrons. The van der Waals surface area contributed by atoms with Crippen LogP contribution < -0.4 is 0 Å². The van der Waals surface area contributed by atoms with Crippen LogP contribution >= 0.6 is 23.2 Å². The largest absolute Gasteiger partial charge is 0.393 e. The average molecular weight is 303 g/mol. The quantitative estimate of drug-likeness (QED) is 0.585. The van der Waals surface area contributed by atoms with Gasteiger partial charge in [0, 0.05) is 10.0 Å². The topological polar surface area (TPSA) is 20.2 Å². The standard InChI is InChI=1S/C16H24Cl2O/c1-2-3-4-5-6-7-8-15(19)12-13-11-14(17)9-10-16(13)18/h9-11,15,19H,2-8,12H2,1H3. The number of hydrogen-bond donors (Lipinski definition) is 1. The lowest BCUT2D eigenvalue weighted by Gasteiger charge is -2.12. The van der Waals surface area contributed by atoms with Crippen molar-refractivity contribution < 1.29 is 5.11 Å². The van der Waals surface area contributed by atoms with Crippen LogP contribution in [0.1, 0.15) is 57.4 Å². The predicted molar refractivity (Wildman–Crippen MR) is 84.2 cm³/mol. The van der Waals surface area contributed by atoms with Crippen LogP contribution in [0.2, 0.25) is 10.0 Å². The van der Waals surface area contributed by atoms with Gasteiger partial charge in [-0.3, -0.25) is 0 Å². The molecule has 1 atom stereocenters. The van der Waals surface area contributed by atoms with Crippen molar-refractivity contribution in [1.82, 2.24) is 0 Å². The highest BCUT2D eigenvalue weighted by Crippen LogP contribution is 2.23. The normalized spacial score (nSPS) is 12.6. The summed E-state index contributed by atoms with van der Waals surface area (Å²) in [7, 11) is 0. The summed E-state index contributed by atoms with van der Waals surface area (Å²) >= 11 is 12.0. The van der Waals surface area contributed by atoms with Crippen molar-refractivity contribution in [3.63, 3.8) is 0 Å². The van der Waals surface area contributed by atoms with Gasteiger partial charge in [0.25, 0.3) is 0 Å². The van der Waals surface area contributed by atoms with Crippen LogP contribution in [0.15, 0.2) is 18.2 Å². The highest BCUT2D eigenvalue weighted by Gasteiger charge is 2.09. The molecular weight excluding hydrogens is 279 g/mol.